The second-order valence-electron chi connectivity index (χ2n) is 5.94. The van der Waals surface area contributed by atoms with E-state index in [2.05, 4.69) is 0 Å². The lowest BCUT2D eigenvalue weighted by molar-refractivity contribution is 0.0734. The average Bonchev–Trinajstić information content (AvgIpc) is 3.19. The Kier molecular flexibility index (Phi) is 4.30. The summed E-state index contributed by atoms with van der Waals surface area (Å²) in [6, 6.07) is 14.5. The van der Waals surface area contributed by atoms with Crippen LogP contribution in [-0.2, 0) is 0 Å². The van der Waals surface area contributed by atoms with Gasteiger partial charge in [-0.25, -0.2) is 4.79 Å². The summed E-state index contributed by atoms with van der Waals surface area (Å²) in [5.41, 5.74) is 0.765. The number of carbonyl (C=O) groups excluding carboxylic acids is 2. The zero-order chi connectivity index (χ0) is 19.0. The van der Waals surface area contributed by atoms with Gasteiger partial charge < -0.3 is 13.9 Å². The van der Waals surface area contributed by atoms with E-state index in [0.29, 0.717) is 27.7 Å². The first-order valence-electron chi connectivity index (χ1n) is 8.12. The summed E-state index contributed by atoms with van der Waals surface area (Å²) in [5, 5.41) is 0.530. The van der Waals surface area contributed by atoms with Gasteiger partial charge in [0.05, 0.1) is 11.1 Å². The number of benzene rings is 2. The van der Waals surface area contributed by atoms with E-state index in [4.69, 9.17) is 25.5 Å². The van der Waals surface area contributed by atoms with Crippen LogP contribution >= 0.6 is 11.6 Å². The topological polar surface area (TPSA) is 65.7 Å². The van der Waals surface area contributed by atoms with Crippen molar-refractivity contribution in [3.63, 3.8) is 0 Å². The van der Waals surface area contributed by atoms with E-state index < -0.39 is 5.97 Å². The standard InChI is InChI=1S/C21H13ClO5/c1-12-2-7-15(25-12)11-19-20(23)17-9-8-16(10-18(17)27-19)26-21(24)13-3-5-14(22)6-4-13/h2-11H,1H3/b19-11-. The Labute approximate surface area is 159 Å². The van der Waals surface area contributed by atoms with Gasteiger partial charge in [0.25, 0.3) is 0 Å². The highest BCUT2D eigenvalue weighted by atomic mass is 35.5. The van der Waals surface area contributed by atoms with Gasteiger partial charge in [-0.3, -0.25) is 4.79 Å². The number of ether oxygens (including phenoxy) is 2. The number of carbonyl (C=O) groups is 2. The summed E-state index contributed by atoms with van der Waals surface area (Å²) in [6.07, 6.45) is 1.54. The van der Waals surface area contributed by atoms with Crippen molar-refractivity contribution in [3.8, 4) is 11.5 Å². The molecule has 0 spiro atoms. The van der Waals surface area contributed by atoms with Crippen LogP contribution in [0.3, 0.4) is 0 Å². The number of hydrogen-bond donors (Lipinski definition) is 0. The molecule has 6 heteroatoms. The van der Waals surface area contributed by atoms with Gasteiger partial charge in [0.2, 0.25) is 5.78 Å². The molecule has 1 aliphatic heterocycles. The number of fused-ring (bicyclic) bond motifs is 1. The number of ketones is 1. The van der Waals surface area contributed by atoms with Crippen LogP contribution < -0.4 is 9.47 Å². The molecule has 0 aliphatic carbocycles. The van der Waals surface area contributed by atoms with E-state index in [-0.39, 0.29) is 17.3 Å². The van der Waals surface area contributed by atoms with Gasteiger partial charge >= 0.3 is 5.97 Å². The fraction of sp³-hybridized carbons (Fsp3) is 0.0476. The van der Waals surface area contributed by atoms with Gasteiger partial charge in [-0.05, 0) is 55.5 Å². The summed E-state index contributed by atoms with van der Waals surface area (Å²) >= 11 is 5.81. The number of halogens is 1. The summed E-state index contributed by atoms with van der Waals surface area (Å²) in [7, 11) is 0. The van der Waals surface area contributed by atoms with Crippen molar-refractivity contribution < 1.29 is 23.5 Å². The van der Waals surface area contributed by atoms with Crippen molar-refractivity contribution in [3.05, 3.63) is 88.0 Å². The quantitative estimate of drug-likeness (QED) is 0.360. The molecular formula is C21H13ClO5. The molecule has 0 saturated carbocycles. The Morgan fingerprint density at radius 1 is 1.07 bits per heavy atom. The molecule has 1 aromatic heterocycles. The number of allylic oxidation sites excluding steroid dienone is 1. The number of rotatable bonds is 3. The molecule has 0 radical (unpaired) electrons. The lowest BCUT2D eigenvalue weighted by atomic mass is 10.1. The Balaban J connectivity index is 1.54. The maximum atomic E-state index is 12.4. The molecule has 0 fully saturated rings. The summed E-state index contributed by atoms with van der Waals surface area (Å²) in [4.78, 5) is 24.6. The minimum atomic E-state index is -0.530. The van der Waals surface area contributed by atoms with Gasteiger partial charge in [0.15, 0.2) is 5.76 Å². The van der Waals surface area contributed by atoms with Gasteiger partial charge in [0.1, 0.15) is 23.0 Å². The maximum absolute atomic E-state index is 12.4. The molecule has 4 rings (SSSR count). The van der Waals surface area contributed by atoms with Crippen molar-refractivity contribution in [2.45, 2.75) is 6.92 Å². The first-order chi connectivity index (χ1) is 13.0. The van der Waals surface area contributed by atoms with Crippen LogP contribution in [-0.4, -0.2) is 11.8 Å². The molecule has 134 valence electrons. The predicted molar refractivity (Wildman–Crippen MR) is 99.2 cm³/mol. The highest BCUT2D eigenvalue weighted by molar-refractivity contribution is 6.30. The van der Waals surface area contributed by atoms with Crippen LogP contribution in [0, 0.1) is 6.92 Å². The largest absolute Gasteiger partial charge is 0.462 e. The van der Waals surface area contributed by atoms with E-state index in [0.717, 1.165) is 5.76 Å². The molecule has 2 heterocycles. The van der Waals surface area contributed by atoms with Crippen molar-refractivity contribution in [2.24, 2.45) is 0 Å². The molecule has 0 saturated heterocycles. The number of aryl methyl sites for hydroxylation is 1. The normalized spacial score (nSPS) is 14.1. The molecule has 2 aromatic carbocycles. The minimum absolute atomic E-state index is 0.153. The fourth-order valence-corrected chi connectivity index (χ4v) is 2.77. The monoisotopic (exact) mass is 380 g/mol. The van der Waals surface area contributed by atoms with Crippen LogP contribution in [0.15, 0.2) is 64.8 Å². The van der Waals surface area contributed by atoms with Crippen molar-refractivity contribution in [2.75, 3.05) is 0 Å². The first kappa shape index (κ1) is 17.1. The Hall–Kier alpha value is -3.31. The fourth-order valence-electron chi connectivity index (χ4n) is 2.64. The highest BCUT2D eigenvalue weighted by Crippen LogP contribution is 2.35. The molecule has 0 N–H and O–H groups in total. The number of furan rings is 1. The lowest BCUT2D eigenvalue weighted by Gasteiger charge is -2.05. The smallest absolute Gasteiger partial charge is 0.343 e. The number of esters is 1. The Morgan fingerprint density at radius 3 is 2.56 bits per heavy atom. The van der Waals surface area contributed by atoms with Gasteiger partial charge in [-0.2, -0.15) is 0 Å². The summed E-state index contributed by atoms with van der Waals surface area (Å²) in [5.74, 6) is 1.24. The number of hydrogen-bond acceptors (Lipinski definition) is 5. The minimum Gasteiger partial charge on any atom is -0.462 e. The van der Waals surface area contributed by atoms with Crippen molar-refractivity contribution in [1.29, 1.82) is 0 Å². The van der Waals surface area contributed by atoms with Crippen molar-refractivity contribution >= 4 is 29.4 Å². The van der Waals surface area contributed by atoms with Crippen molar-refractivity contribution in [1.82, 2.24) is 0 Å². The molecule has 0 bridgehead atoms. The highest BCUT2D eigenvalue weighted by Gasteiger charge is 2.28. The second kappa shape index (κ2) is 6.78. The van der Waals surface area contributed by atoms with Crippen LogP contribution in [0.1, 0.15) is 32.2 Å². The van der Waals surface area contributed by atoms with E-state index >= 15 is 0 Å². The average molecular weight is 381 g/mol. The molecule has 27 heavy (non-hydrogen) atoms. The van der Waals surface area contributed by atoms with Gasteiger partial charge in [0, 0.05) is 17.2 Å². The summed E-state index contributed by atoms with van der Waals surface area (Å²) < 4.78 is 16.4. The molecule has 5 nitrogen and oxygen atoms in total. The van der Waals surface area contributed by atoms with Crippen LogP contribution in [0.5, 0.6) is 11.5 Å². The molecule has 1 aliphatic rings. The van der Waals surface area contributed by atoms with Crippen LogP contribution in [0.25, 0.3) is 6.08 Å². The third-order valence-corrected chi connectivity index (χ3v) is 4.22. The molecule has 0 amide bonds. The Bertz CT molecular complexity index is 1080. The molecule has 0 unspecified atom stereocenters. The molecular weight excluding hydrogens is 368 g/mol. The third kappa shape index (κ3) is 3.50. The zero-order valence-corrected chi connectivity index (χ0v) is 14.9. The van der Waals surface area contributed by atoms with Gasteiger partial charge in [-0.15, -0.1) is 0 Å². The second-order valence-corrected chi connectivity index (χ2v) is 6.38. The molecule has 3 aromatic rings. The zero-order valence-electron chi connectivity index (χ0n) is 14.2. The lowest BCUT2D eigenvalue weighted by Crippen LogP contribution is -2.08. The first-order valence-corrected chi connectivity index (χ1v) is 8.50. The SMILES string of the molecule is Cc1ccc(/C=C2\Oc3cc(OC(=O)c4ccc(Cl)cc4)ccc3C2=O)o1. The predicted octanol–water partition coefficient (Wildman–Crippen LogP) is 5.08. The van der Waals surface area contributed by atoms with Crippen LogP contribution in [0.4, 0.5) is 0 Å². The van der Waals surface area contributed by atoms with E-state index in [9.17, 15) is 9.59 Å². The third-order valence-electron chi connectivity index (χ3n) is 3.97. The van der Waals surface area contributed by atoms with Crippen LogP contribution in [0.2, 0.25) is 5.02 Å². The number of Topliss-reactive ketones (excluding diaryl/α,β-unsaturated/α-hetero) is 1. The maximum Gasteiger partial charge on any atom is 0.343 e. The summed E-state index contributed by atoms with van der Waals surface area (Å²) in [6.45, 7) is 1.81. The molecule has 0 atom stereocenters. The van der Waals surface area contributed by atoms with E-state index in [1.54, 1.807) is 48.5 Å². The van der Waals surface area contributed by atoms with E-state index in [1.165, 1.54) is 12.1 Å². The Morgan fingerprint density at radius 2 is 1.85 bits per heavy atom. The van der Waals surface area contributed by atoms with E-state index in [1.807, 2.05) is 6.92 Å². The van der Waals surface area contributed by atoms with Gasteiger partial charge in [-0.1, -0.05) is 11.6 Å².